The average Bonchev–Trinajstić information content (AvgIpc) is 3.22. The summed E-state index contributed by atoms with van der Waals surface area (Å²) >= 11 is 0. The lowest BCUT2D eigenvalue weighted by Gasteiger charge is -2.50. The monoisotopic (exact) mass is 518 g/mol. The van der Waals surface area contributed by atoms with Crippen LogP contribution in [-0.2, 0) is 20.7 Å². The number of nitrogens with zero attached hydrogens (tertiary/aromatic N) is 2. The van der Waals surface area contributed by atoms with Crippen LogP contribution in [0.25, 0.3) is 5.57 Å². The van der Waals surface area contributed by atoms with Crippen LogP contribution in [0, 0.1) is 23.1 Å². The summed E-state index contributed by atoms with van der Waals surface area (Å²) in [7, 11) is 1.78. The van der Waals surface area contributed by atoms with Gasteiger partial charge in [0.1, 0.15) is 11.4 Å². The Morgan fingerprint density at radius 3 is 2.68 bits per heavy atom. The molecule has 3 aliphatic rings. The van der Waals surface area contributed by atoms with Gasteiger partial charge in [-0.15, -0.1) is 0 Å². The fourth-order valence-corrected chi connectivity index (χ4v) is 7.26. The number of hydrogen-bond acceptors (Lipinski definition) is 4. The molecule has 3 aliphatic carbocycles. The molecule has 202 valence electrons. The standard InChI is InChI=1S/C32H39FN2O3/c1-31(2,3)38-30(37)13-12-29(36)35(5)23-7-9-24-20(17-23)6-8-26-25(24)14-15-32(4)27(10-11-28(26)32)21-16-22(33)19-34-18-21/h7,9-10,16-19,25-26,28H,6,8,11-15H2,1-5H3/t25-,26-,28+,32-/m1/s1. The predicted octanol–water partition coefficient (Wildman–Crippen LogP) is 6.86. The maximum Gasteiger partial charge on any atom is 0.306 e. The van der Waals surface area contributed by atoms with E-state index in [9.17, 15) is 14.0 Å². The molecule has 1 heterocycles. The van der Waals surface area contributed by atoms with Crippen molar-refractivity contribution in [2.75, 3.05) is 11.9 Å². The van der Waals surface area contributed by atoms with E-state index in [1.807, 2.05) is 20.8 Å². The molecule has 0 bridgehead atoms. The summed E-state index contributed by atoms with van der Waals surface area (Å²) < 4.78 is 19.3. The number of fused-ring (bicyclic) bond motifs is 5. The number of carbonyl (C=O) groups excluding carboxylic acids is 2. The number of aromatic nitrogens is 1. The zero-order valence-electron chi connectivity index (χ0n) is 23.2. The van der Waals surface area contributed by atoms with Gasteiger partial charge in [0.05, 0.1) is 12.6 Å². The van der Waals surface area contributed by atoms with Crippen molar-refractivity contribution in [3.63, 3.8) is 0 Å². The smallest absolute Gasteiger partial charge is 0.306 e. The van der Waals surface area contributed by atoms with Crippen molar-refractivity contribution in [2.24, 2.45) is 17.3 Å². The lowest BCUT2D eigenvalue weighted by molar-refractivity contribution is -0.155. The van der Waals surface area contributed by atoms with E-state index < -0.39 is 5.60 Å². The van der Waals surface area contributed by atoms with Crippen molar-refractivity contribution in [2.45, 2.75) is 84.2 Å². The predicted molar refractivity (Wildman–Crippen MR) is 147 cm³/mol. The molecule has 5 nitrogen and oxygen atoms in total. The number of allylic oxidation sites excluding steroid dienone is 2. The first-order valence-corrected chi connectivity index (χ1v) is 13.9. The normalized spacial score (nSPS) is 26.1. The largest absolute Gasteiger partial charge is 0.460 e. The SMILES string of the molecule is CN(C(=O)CCC(=O)OC(C)(C)C)c1ccc2c(c1)CC[C@@H]1[C@@H]2CC[C@]2(C)C(c3cncc(F)c3)=CC[C@@H]12. The number of benzene rings is 1. The molecule has 0 N–H and O–H groups in total. The zero-order valence-corrected chi connectivity index (χ0v) is 23.2. The Kier molecular flexibility index (Phi) is 6.95. The number of halogens is 1. The molecule has 0 aliphatic heterocycles. The van der Waals surface area contributed by atoms with Gasteiger partial charge in [-0.05, 0) is 117 Å². The molecule has 0 spiro atoms. The average molecular weight is 519 g/mol. The number of rotatable bonds is 5. The van der Waals surface area contributed by atoms with E-state index in [-0.39, 0.29) is 36.0 Å². The van der Waals surface area contributed by atoms with Crippen LogP contribution in [0.4, 0.5) is 10.1 Å². The zero-order chi connectivity index (χ0) is 27.2. The lowest BCUT2D eigenvalue weighted by Crippen LogP contribution is -2.41. The van der Waals surface area contributed by atoms with Crippen molar-refractivity contribution in [1.82, 2.24) is 4.98 Å². The second kappa shape index (κ2) is 9.94. The van der Waals surface area contributed by atoms with Gasteiger partial charge in [-0.25, -0.2) is 4.39 Å². The van der Waals surface area contributed by atoms with E-state index in [1.54, 1.807) is 24.2 Å². The number of aryl methyl sites for hydroxylation is 1. The van der Waals surface area contributed by atoms with Crippen LogP contribution in [0.2, 0.25) is 0 Å². The van der Waals surface area contributed by atoms with Crippen LogP contribution in [0.1, 0.15) is 88.8 Å². The van der Waals surface area contributed by atoms with E-state index in [1.165, 1.54) is 22.9 Å². The highest BCUT2D eigenvalue weighted by Gasteiger charge is 2.52. The number of carbonyl (C=O) groups is 2. The van der Waals surface area contributed by atoms with E-state index in [0.717, 1.165) is 43.4 Å². The van der Waals surface area contributed by atoms with Gasteiger partial charge in [-0.2, -0.15) is 0 Å². The molecule has 1 aromatic carbocycles. The third-order valence-electron chi connectivity index (χ3n) is 9.03. The van der Waals surface area contributed by atoms with Crippen LogP contribution in [-0.4, -0.2) is 29.5 Å². The molecule has 38 heavy (non-hydrogen) atoms. The molecule has 1 saturated carbocycles. The van der Waals surface area contributed by atoms with Crippen molar-refractivity contribution in [1.29, 1.82) is 0 Å². The minimum atomic E-state index is -0.550. The van der Waals surface area contributed by atoms with E-state index in [4.69, 9.17) is 4.74 Å². The number of pyridine rings is 1. The Morgan fingerprint density at radius 1 is 1.16 bits per heavy atom. The summed E-state index contributed by atoms with van der Waals surface area (Å²) in [6, 6.07) is 8.07. The molecule has 1 amide bonds. The molecular formula is C32H39FN2O3. The molecule has 1 aromatic heterocycles. The van der Waals surface area contributed by atoms with Gasteiger partial charge >= 0.3 is 5.97 Å². The van der Waals surface area contributed by atoms with Crippen LogP contribution >= 0.6 is 0 Å². The molecule has 6 heteroatoms. The summed E-state index contributed by atoms with van der Waals surface area (Å²) in [5.74, 6) is 0.935. The third kappa shape index (κ3) is 5.02. The summed E-state index contributed by atoms with van der Waals surface area (Å²) in [4.78, 5) is 30.6. The fourth-order valence-electron chi connectivity index (χ4n) is 7.26. The third-order valence-corrected chi connectivity index (χ3v) is 9.03. The van der Waals surface area contributed by atoms with Crippen molar-refractivity contribution in [3.8, 4) is 0 Å². The van der Waals surface area contributed by atoms with Gasteiger partial charge in [0.25, 0.3) is 0 Å². The lowest BCUT2D eigenvalue weighted by atomic mass is 9.54. The second-order valence-corrected chi connectivity index (χ2v) is 12.5. The van der Waals surface area contributed by atoms with Gasteiger partial charge in [-0.3, -0.25) is 14.6 Å². The molecule has 4 atom stereocenters. The minimum absolute atomic E-state index is 0.0505. The Balaban J connectivity index is 1.28. The summed E-state index contributed by atoms with van der Waals surface area (Å²) in [6.45, 7) is 7.85. The summed E-state index contributed by atoms with van der Waals surface area (Å²) in [5.41, 5.74) is 5.32. The molecule has 0 unspecified atom stereocenters. The van der Waals surface area contributed by atoms with Gasteiger partial charge in [0.15, 0.2) is 0 Å². The fraction of sp³-hybridized carbons (Fsp3) is 0.531. The first-order valence-electron chi connectivity index (χ1n) is 13.9. The molecule has 0 radical (unpaired) electrons. The number of esters is 1. The molecule has 5 rings (SSSR count). The first kappa shape index (κ1) is 26.6. The maximum atomic E-state index is 13.9. The van der Waals surface area contributed by atoms with Gasteiger partial charge in [-0.1, -0.05) is 19.1 Å². The van der Waals surface area contributed by atoms with E-state index >= 15 is 0 Å². The topological polar surface area (TPSA) is 59.5 Å². The Bertz CT molecular complexity index is 1280. The highest BCUT2D eigenvalue weighted by molar-refractivity contribution is 5.94. The van der Waals surface area contributed by atoms with Crippen molar-refractivity contribution >= 4 is 23.1 Å². The minimum Gasteiger partial charge on any atom is -0.460 e. The van der Waals surface area contributed by atoms with Crippen LogP contribution in [0.15, 0.2) is 42.7 Å². The Morgan fingerprint density at radius 2 is 1.95 bits per heavy atom. The highest BCUT2D eigenvalue weighted by Crippen LogP contribution is 2.63. The van der Waals surface area contributed by atoms with Gasteiger partial charge in [0, 0.05) is 25.4 Å². The van der Waals surface area contributed by atoms with Crippen LogP contribution in [0.5, 0.6) is 0 Å². The van der Waals surface area contributed by atoms with Gasteiger partial charge < -0.3 is 9.64 Å². The molecule has 1 fully saturated rings. The Hall–Kier alpha value is -3.02. The van der Waals surface area contributed by atoms with E-state index in [0.29, 0.717) is 17.8 Å². The molecule has 2 aromatic rings. The Labute approximate surface area is 225 Å². The van der Waals surface area contributed by atoms with Crippen molar-refractivity contribution in [3.05, 3.63) is 65.2 Å². The maximum absolute atomic E-state index is 13.9. The van der Waals surface area contributed by atoms with Gasteiger partial charge in [0.2, 0.25) is 5.91 Å². The quantitative estimate of drug-likeness (QED) is 0.406. The number of hydrogen-bond donors (Lipinski definition) is 0. The van der Waals surface area contributed by atoms with Crippen LogP contribution in [0.3, 0.4) is 0 Å². The first-order chi connectivity index (χ1) is 18.0. The second-order valence-electron chi connectivity index (χ2n) is 12.5. The van der Waals surface area contributed by atoms with Crippen LogP contribution < -0.4 is 4.90 Å². The number of amides is 1. The summed E-state index contributed by atoms with van der Waals surface area (Å²) in [5, 5.41) is 0. The number of anilines is 1. The highest BCUT2D eigenvalue weighted by atomic mass is 19.1. The molecular weight excluding hydrogens is 479 g/mol. The number of ether oxygens (including phenoxy) is 1. The van der Waals surface area contributed by atoms with Crippen molar-refractivity contribution < 1.29 is 18.7 Å². The van der Waals surface area contributed by atoms with E-state index in [2.05, 4.69) is 36.2 Å². The summed E-state index contributed by atoms with van der Waals surface area (Å²) in [6.07, 6.45) is 11.0. The molecule has 0 saturated heterocycles.